The Morgan fingerprint density at radius 1 is 1.14 bits per heavy atom. The zero-order chi connectivity index (χ0) is 26.4. The zero-order valence-electron chi connectivity index (χ0n) is 19.3. The lowest BCUT2D eigenvalue weighted by molar-refractivity contribution is -0.129. The number of sulfone groups is 1. The highest BCUT2D eigenvalue weighted by atomic mass is 35.5. The van der Waals surface area contributed by atoms with Crippen LogP contribution in [0.25, 0.3) is 5.57 Å². The number of benzene rings is 2. The van der Waals surface area contributed by atoms with E-state index in [0.29, 0.717) is 10.7 Å². The number of carbonyl (C=O) groups excluding carboxylic acids is 2. The van der Waals surface area contributed by atoms with Crippen LogP contribution >= 0.6 is 11.6 Å². The number of amides is 3. The number of hydrogen-bond acceptors (Lipinski definition) is 5. The van der Waals surface area contributed by atoms with E-state index in [2.05, 4.69) is 10.6 Å². The second kappa shape index (κ2) is 9.02. The Balaban J connectivity index is 1.81. The predicted octanol–water partition coefficient (Wildman–Crippen LogP) is 3.22. The lowest BCUT2D eigenvalue weighted by Gasteiger charge is -2.46. The molecule has 0 saturated heterocycles. The summed E-state index contributed by atoms with van der Waals surface area (Å²) < 4.78 is 42.0. The van der Waals surface area contributed by atoms with Crippen molar-refractivity contribution in [3.8, 4) is 0 Å². The molecule has 1 saturated carbocycles. The van der Waals surface area contributed by atoms with Crippen LogP contribution in [0.1, 0.15) is 18.4 Å². The second-order valence-electron chi connectivity index (χ2n) is 9.11. The number of rotatable bonds is 7. The summed E-state index contributed by atoms with van der Waals surface area (Å²) in [5.74, 6) is -1.18. The van der Waals surface area contributed by atoms with E-state index in [9.17, 15) is 23.1 Å². The fourth-order valence-corrected chi connectivity index (χ4v) is 5.63. The Morgan fingerprint density at radius 3 is 2.33 bits per heavy atom. The van der Waals surface area contributed by atoms with Crippen molar-refractivity contribution in [2.75, 3.05) is 18.2 Å². The van der Waals surface area contributed by atoms with Gasteiger partial charge in [-0.15, -0.1) is 0 Å². The first-order valence-corrected chi connectivity index (χ1v) is 13.3. The number of nitrogens with one attached hydrogen (secondary N) is 2. The van der Waals surface area contributed by atoms with E-state index in [1.165, 1.54) is 30.3 Å². The fraction of sp³-hybridized carbons (Fsp3) is 0.280. The van der Waals surface area contributed by atoms with Crippen molar-refractivity contribution in [3.63, 3.8) is 0 Å². The molecular formula is C25H25ClFN3O5S. The number of hydrogen-bond donors (Lipinski definition) is 4. The minimum absolute atomic E-state index is 0.0305. The summed E-state index contributed by atoms with van der Waals surface area (Å²) in [6, 6.07) is 11.3. The van der Waals surface area contributed by atoms with Crippen molar-refractivity contribution < 1.29 is 27.5 Å². The Morgan fingerprint density at radius 2 is 1.78 bits per heavy atom. The molecule has 2 aromatic carbocycles. The van der Waals surface area contributed by atoms with Gasteiger partial charge in [0, 0.05) is 27.9 Å². The molecule has 0 radical (unpaired) electrons. The number of aliphatic hydroxyl groups is 1. The van der Waals surface area contributed by atoms with Crippen molar-refractivity contribution in [3.05, 3.63) is 77.3 Å². The lowest BCUT2D eigenvalue weighted by Crippen LogP contribution is -2.71. The summed E-state index contributed by atoms with van der Waals surface area (Å²) in [4.78, 5) is 25.7. The number of nitrogens with two attached hydrogens (primary N) is 1. The van der Waals surface area contributed by atoms with E-state index in [1.54, 1.807) is 24.3 Å². The van der Waals surface area contributed by atoms with Crippen LogP contribution in [0.2, 0.25) is 5.02 Å². The van der Waals surface area contributed by atoms with Crippen molar-refractivity contribution >= 4 is 44.6 Å². The smallest absolute Gasteiger partial charge is 0.320 e. The molecule has 5 N–H and O–H groups in total. The van der Waals surface area contributed by atoms with Crippen LogP contribution < -0.4 is 16.4 Å². The summed E-state index contributed by atoms with van der Waals surface area (Å²) in [7, 11) is -3.67. The van der Waals surface area contributed by atoms with Gasteiger partial charge in [0.05, 0.1) is 11.5 Å². The minimum atomic E-state index is -3.67. The molecule has 2 aliphatic rings. The number of alkyl halides is 1. The van der Waals surface area contributed by atoms with Gasteiger partial charge in [-0.3, -0.25) is 4.79 Å². The van der Waals surface area contributed by atoms with Crippen molar-refractivity contribution in [1.29, 1.82) is 0 Å². The average Bonchev–Trinajstić information content (AvgIpc) is 3.63. The number of carbonyl (C=O) groups is 2. The van der Waals surface area contributed by atoms with Gasteiger partial charge in [-0.25, -0.2) is 17.6 Å². The highest BCUT2D eigenvalue weighted by Gasteiger charge is 2.71. The molecule has 1 fully saturated rings. The van der Waals surface area contributed by atoms with Crippen LogP contribution in [0.5, 0.6) is 0 Å². The van der Waals surface area contributed by atoms with Gasteiger partial charge in [0.25, 0.3) is 5.91 Å². The van der Waals surface area contributed by atoms with Gasteiger partial charge in [-0.2, -0.15) is 0 Å². The molecule has 190 valence electrons. The molecule has 2 aliphatic carbocycles. The van der Waals surface area contributed by atoms with Crippen LogP contribution in [0.4, 0.5) is 14.9 Å². The third-order valence-corrected chi connectivity index (χ3v) is 8.18. The monoisotopic (exact) mass is 533 g/mol. The highest BCUT2D eigenvalue weighted by molar-refractivity contribution is 7.90. The fourth-order valence-electron chi connectivity index (χ4n) is 4.60. The summed E-state index contributed by atoms with van der Waals surface area (Å²) in [5, 5.41) is 15.5. The molecule has 0 bridgehead atoms. The zero-order valence-corrected chi connectivity index (χ0v) is 20.9. The largest absolute Gasteiger partial charge is 0.396 e. The third kappa shape index (κ3) is 4.29. The van der Waals surface area contributed by atoms with Gasteiger partial charge in [0.2, 0.25) is 0 Å². The van der Waals surface area contributed by atoms with Gasteiger partial charge in [0.15, 0.2) is 21.0 Å². The van der Waals surface area contributed by atoms with E-state index in [4.69, 9.17) is 17.3 Å². The average molecular weight is 534 g/mol. The summed E-state index contributed by atoms with van der Waals surface area (Å²) >= 11 is 5.87. The summed E-state index contributed by atoms with van der Waals surface area (Å²) in [6.07, 6.45) is 5.05. The lowest BCUT2D eigenvalue weighted by atomic mass is 9.66. The van der Waals surface area contributed by atoms with Crippen molar-refractivity contribution in [2.24, 2.45) is 11.1 Å². The molecule has 2 aromatic rings. The first-order valence-electron chi connectivity index (χ1n) is 11.0. The Kier molecular flexibility index (Phi) is 6.48. The molecule has 11 heteroatoms. The Labute approximate surface area is 212 Å². The SMILES string of the molecule is CS(=O)(=O)c1ccccc1C1=C[C@](F)(C2(CO)CC2)[C@@](NC(=O)Nc2ccc(Cl)cc2)(C(N)=O)C=C1. The molecule has 4 rings (SSSR count). The van der Waals surface area contributed by atoms with E-state index in [1.807, 2.05) is 0 Å². The quantitative estimate of drug-likeness (QED) is 0.433. The molecule has 2 atom stereocenters. The molecule has 0 aromatic heterocycles. The van der Waals surface area contributed by atoms with E-state index in [0.717, 1.165) is 18.4 Å². The number of urea groups is 1. The summed E-state index contributed by atoms with van der Waals surface area (Å²) in [6.45, 7) is -0.621. The molecule has 8 nitrogen and oxygen atoms in total. The summed E-state index contributed by atoms with van der Waals surface area (Å²) in [5.41, 5.74) is -0.0193. The van der Waals surface area contributed by atoms with E-state index >= 15 is 4.39 Å². The van der Waals surface area contributed by atoms with Crippen LogP contribution in [0.3, 0.4) is 0 Å². The van der Waals surface area contributed by atoms with Crippen LogP contribution in [0, 0.1) is 5.41 Å². The number of allylic oxidation sites excluding steroid dienone is 2. The first-order chi connectivity index (χ1) is 16.9. The van der Waals surface area contributed by atoms with Crippen molar-refractivity contribution in [2.45, 2.75) is 28.9 Å². The maximum absolute atomic E-state index is 17.3. The number of aliphatic hydroxyl groups excluding tert-OH is 1. The molecule has 3 amide bonds. The minimum Gasteiger partial charge on any atom is -0.396 e. The first kappa shape index (κ1) is 25.9. The van der Waals surface area contributed by atoms with Crippen LogP contribution in [0.15, 0.2) is 71.7 Å². The predicted molar refractivity (Wildman–Crippen MR) is 135 cm³/mol. The Hall–Kier alpha value is -3.21. The van der Waals surface area contributed by atoms with E-state index < -0.39 is 45.0 Å². The maximum atomic E-state index is 17.3. The number of primary amides is 1. The maximum Gasteiger partial charge on any atom is 0.320 e. The highest BCUT2D eigenvalue weighted by Crippen LogP contribution is 2.62. The van der Waals surface area contributed by atoms with Crippen molar-refractivity contribution in [1.82, 2.24) is 5.32 Å². The van der Waals surface area contributed by atoms with Crippen LogP contribution in [-0.2, 0) is 14.6 Å². The molecule has 0 spiro atoms. The van der Waals surface area contributed by atoms with E-state index in [-0.39, 0.29) is 28.9 Å². The normalized spacial score (nSPS) is 24.5. The molecule has 36 heavy (non-hydrogen) atoms. The third-order valence-electron chi connectivity index (χ3n) is 6.77. The molecule has 0 heterocycles. The molecule has 0 aliphatic heterocycles. The van der Waals surface area contributed by atoms with Gasteiger partial charge in [-0.05, 0) is 60.9 Å². The van der Waals surface area contributed by atoms with Gasteiger partial charge in [-0.1, -0.05) is 35.9 Å². The van der Waals surface area contributed by atoms with Gasteiger partial charge < -0.3 is 21.5 Å². The topological polar surface area (TPSA) is 139 Å². The second-order valence-corrected chi connectivity index (χ2v) is 11.5. The molecular weight excluding hydrogens is 509 g/mol. The standard InChI is InChI=1S/C25H25ClFN3O5S/c1-36(34,35)20-5-3-2-4-19(20)16-10-11-24(21(28)32,25(27,14-16)23(15-31)12-13-23)30-22(33)29-18-8-6-17(26)7-9-18/h2-11,14,31H,12-13,15H2,1H3,(H2,28,32)(H2,29,30,33)/t24-,25-/m0/s1. The number of halogens is 2. The van der Waals surface area contributed by atoms with Crippen LogP contribution in [-0.4, -0.2) is 49.5 Å². The Bertz CT molecular complexity index is 1390. The van der Waals surface area contributed by atoms with Gasteiger partial charge in [0.1, 0.15) is 0 Å². The number of anilines is 1. The molecule has 0 unspecified atom stereocenters. The van der Waals surface area contributed by atoms with Gasteiger partial charge >= 0.3 is 6.03 Å².